The van der Waals surface area contributed by atoms with E-state index >= 15 is 8.78 Å². The van der Waals surface area contributed by atoms with Gasteiger partial charge in [0.15, 0.2) is 0 Å². The number of rotatable bonds is 6. The molecule has 2 aliphatic carbocycles. The average molecular weight is 574 g/mol. The molecule has 0 radical (unpaired) electrons. The molecule has 1 saturated heterocycles. The van der Waals surface area contributed by atoms with Gasteiger partial charge in [0.1, 0.15) is 23.3 Å². The summed E-state index contributed by atoms with van der Waals surface area (Å²) in [4.78, 5) is 15.2. The molecule has 5 atom stereocenters. The van der Waals surface area contributed by atoms with E-state index in [0.717, 1.165) is 25.5 Å². The zero-order valence-electron chi connectivity index (χ0n) is 22.8. The van der Waals surface area contributed by atoms with Crippen molar-refractivity contribution in [1.82, 2.24) is 4.90 Å². The Morgan fingerprint density at radius 3 is 2.44 bits per heavy atom. The van der Waals surface area contributed by atoms with Crippen LogP contribution in [-0.2, 0) is 10.2 Å². The van der Waals surface area contributed by atoms with Crippen LogP contribution in [0.15, 0.2) is 36.4 Å². The van der Waals surface area contributed by atoms with E-state index in [9.17, 15) is 10.1 Å². The molecule has 5 rings (SSSR count). The number of likely N-dealkylation sites (tertiary alicyclic amines) is 1. The molecule has 0 bridgehead atoms. The lowest BCUT2D eigenvalue weighted by Gasteiger charge is -2.40. The van der Waals surface area contributed by atoms with Gasteiger partial charge in [0.05, 0.1) is 17.1 Å². The van der Waals surface area contributed by atoms with Crippen LogP contribution in [0.25, 0.3) is 0 Å². The van der Waals surface area contributed by atoms with E-state index < -0.39 is 34.5 Å². The van der Waals surface area contributed by atoms with E-state index in [4.69, 9.17) is 23.2 Å². The van der Waals surface area contributed by atoms with E-state index in [2.05, 4.69) is 31.7 Å². The molecule has 1 unspecified atom stereocenters. The number of nitriles is 1. The zero-order valence-corrected chi connectivity index (χ0v) is 24.3. The molecule has 2 aromatic carbocycles. The number of carbonyl (C=O) groups excluding carboxylic acids is 1. The molecule has 1 spiro atoms. The number of hydrogen-bond acceptors (Lipinski definition) is 3. The molecule has 3 aliphatic rings. The van der Waals surface area contributed by atoms with E-state index in [1.807, 2.05) is 0 Å². The lowest BCUT2D eigenvalue weighted by Crippen LogP contribution is -2.50. The number of nitrogens with zero attached hydrogens (tertiary/aromatic N) is 2. The van der Waals surface area contributed by atoms with Crippen LogP contribution < -0.4 is 0 Å². The minimum Gasteiger partial charge on any atom is -0.302 e. The van der Waals surface area contributed by atoms with Crippen molar-refractivity contribution in [3.05, 3.63) is 69.2 Å². The SMILES string of the molecule is CC(C)(C)[C@@H]1CC12N(CCC1CCCCC1)[C@@H](C=O)[C@H](c1cccc(Cl)c1F)[C@@]2(C#N)c1ccc(Cl)cc1F. The van der Waals surface area contributed by atoms with Gasteiger partial charge in [-0.05, 0) is 60.4 Å². The van der Waals surface area contributed by atoms with Crippen molar-refractivity contribution < 1.29 is 13.6 Å². The minimum atomic E-state index is -1.54. The van der Waals surface area contributed by atoms with Gasteiger partial charge in [-0.15, -0.1) is 0 Å². The van der Waals surface area contributed by atoms with Crippen molar-refractivity contribution in [3.63, 3.8) is 0 Å². The summed E-state index contributed by atoms with van der Waals surface area (Å²) in [7, 11) is 0. The van der Waals surface area contributed by atoms with Crippen molar-refractivity contribution in [2.24, 2.45) is 17.3 Å². The monoisotopic (exact) mass is 572 g/mol. The summed E-state index contributed by atoms with van der Waals surface area (Å²) in [5, 5.41) is 11.3. The highest BCUT2D eigenvalue weighted by molar-refractivity contribution is 6.31. The summed E-state index contributed by atoms with van der Waals surface area (Å²) in [6.07, 6.45) is 8.29. The largest absolute Gasteiger partial charge is 0.302 e. The Morgan fingerprint density at radius 2 is 1.85 bits per heavy atom. The maximum atomic E-state index is 16.0. The molecule has 0 aromatic heterocycles. The fraction of sp³-hybridized carbons (Fsp3) is 0.562. The maximum Gasteiger partial charge on any atom is 0.145 e. The van der Waals surface area contributed by atoms with Gasteiger partial charge < -0.3 is 4.79 Å². The second kappa shape index (κ2) is 10.4. The Labute approximate surface area is 240 Å². The van der Waals surface area contributed by atoms with Crippen LogP contribution in [0.4, 0.5) is 8.78 Å². The summed E-state index contributed by atoms with van der Waals surface area (Å²) >= 11 is 12.4. The molecule has 2 saturated carbocycles. The van der Waals surface area contributed by atoms with Gasteiger partial charge in [-0.1, -0.05) is 94.3 Å². The van der Waals surface area contributed by atoms with Gasteiger partial charge >= 0.3 is 0 Å². The zero-order chi connectivity index (χ0) is 28.2. The van der Waals surface area contributed by atoms with Crippen molar-refractivity contribution >= 4 is 29.5 Å². The summed E-state index contributed by atoms with van der Waals surface area (Å²) in [6.45, 7) is 6.96. The number of carbonyl (C=O) groups is 1. The fourth-order valence-electron chi connectivity index (χ4n) is 8.14. The van der Waals surface area contributed by atoms with Gasteiger partial charge in [-0.25, -0.2) is 8.78 Å². The number of hydrogen-bond donors (Lipinski definition) is 0. The highest BCUT2D eigenvalue weighted by Crippen LogP contribution is 2.74. The Balaban J connectivity index is 1.77. The normalized spacial score (nSPS) is 31.4. The predicted molar refractivity (Wildman–Crippen MR) is 151 cm³/mol. The van der Waals surface area contributed by atoms with Gasteiger partial charge in [0, 0.05) is 22.0 Å². The van der Waals surface area contributed by atoms with E-state index in [0.29, 0.717) is 18.9 Å². The fourth-order valence-corrected chi connectivity index (χ4v) is 8.48. The molecule has 3 fully saturated rings. The molecule has 208 valence electrons. The summed E-state index contributed by atoms with van der Waals surface area (Å²) in [5.74, 6) is -1.70. The lowest BCUT2D eigenvalue weighted by molar-refractivity contribution is -0.112. The first kappa shape index (κ1) is 28.5. The van der Waals surface area contributed by atoms with Crippen LogP contribution in [-0.4, -0.2) is 29.3 Å². The third-order valence-corrected chi connectivity index (χ3v) is 10.4. The molecular formula is C32H36Cl2F2N2O. The van der Waals surface area contributed by atoms with Crippen molar-refractivity contribution in [2.75, 3.05) is 6.54 Å². The van der Waals surface area contributed by atoms with Gasteiger partial charge in [-0.2, -0.15) is 5.26 Å². The van der Waals surface area contributed by atoms with Crippen LogP contribution in [0.2, 0.25) is 10.0 Å². The molecule has 0 N–H and O–H groups in total. The maximum absolute atomic E-state index is 16.0. The molecule has 7 heteroatoms. The molecule has 1 heterocycles. The Morgan fingerprint density at radius 1 is 1.13 bits per heavy atom. The van der Waals surface area contributed by atoms with Crippen molar-refractivity contribution in [3.8, 4) is 6.07 Å². The molecule has 3 nitrogen and oxygen atoms in total. The van der Waals surface area contributed by atoms with Crippen LogP contribution in [0.3, 0.4) is 0 Å². The minimum absolute atomic E-state index is 0.0132. The second-order valence-corrected chi connectivity index (χ2v) is 13.7. The standard InChI is InChI=1S/C32H36Cl2F2N2O/c1-30(2,3)27-17-32(27)31(19-37,23-13-12-21(33)16-25(23)35)28(22-10-7-11-24(34)29(22)36)26(18-39)38(32)15-14-20-8-5-4-6-9-20/h7,10-13,16,18,20,26-28H,4-6,8-9,14-15,17H2,1-3H3/t26-,27-,28-,31+,32?/m0/s1. The number of aldehydes is 1. The molecule has 39 heavy (non-hydrogen) atoms. The highest BCUT2D eigenvalue weighted by atomic mass is 35.5. The first-order valence-corrected chi connectivity index (χ1v) is 14.8. The Bertz CT molecular complexity index is 1300. The van der Waals surface area contributed by atoms with Gasteiger partial charge in [-0.3, -0.25) is 4.90 Å². The number of benzene rings is 2. The van der Waals surface area contributed by atoms with E-state index in [1.165, 1.54) is 31.4 Å². The van der Waals surface area contributed by atoms with Gasteiger partial charge in [0.25, 0.3) is 0 Å². The number of halogens is 4. The average Bonchev–Trinajstić information content (AvgIpc) is 3.62. The van der Waals surface area contributed by atoms with Crippen LogP contribution in [0, 0.1) is 40.2 Å². The molecule has 1 aliphatic heterocycles. The highest BCUT2D eigenvalue weighted by Gasteiger charge is 2.81. The molecular weight excluding hydrogens is 537 g/mol. The third-order valence-electron chi connectivity index (χ3n) is 9.83. The summed E-state index contributed by atoms with van der Waals surface area (Å²) < 4.78 is 31.8. The smallest absolute Gasteiger partial charge is 0.145 e. The van der Waals surface area contributed by atoms with Crippen molar-refractivity contribution in [2.45, 2.75) is 88.6 Å². The summed E-state index contributed by atoms with van der Waals surface area (Å²) in [5.41, 5.74) is -2.28. The van der Waals surface area contributed by atoms with Crippen molar-refractivity contribution in [1.29, 1.82) is 5.26 Å². The Kier molecular flexibility index (Phi) is 7.63. The molecule has 2 aromatic rings. The van der Waals surface area contributed by atoms with E-state index in [1.54, 1.807) is 24.3 Å². The second-order valence-electron chi connectivity index (χ2n) is 12.8. The third kappa shape index (κ3) is 4.42. The van der Waals surface area contributed by atoms with Crippen LogP contribution >= 0.6 is 23.2 Å². The first-order valence-electron chi connectivity index (χ1n) is 14.1. The Hall–Kier alpha value is -2.00. The van der Waals surface area contributed by atoms with Crippen LogP contribution in [0.1, 0.15) is 82.8 Å². The van der Waals surface area contributed by atoms with Crippen LogP contribution in [0.5, 0.6) is 0 Å². The quantitative estimate of drug-likeness (QED) is 0.326. The lowest BCUT2D eigenvalue weighted by atomic mass is 9.62. The first-order chi connectivity index (χ1) is 18.5. The summed E-state index contributed by atoms with van der Waals surface area (Å²) in [6, 6.07) is 10.8. The molecule has 0 amide bonds. The topological polar surface area (TPSA) is 44.1 Å². The van der Waals surface area contributed by atoms with Gasteiger partial charge in [0.2, 0.25) is 0 Å². The predicted octanol–water partition coefficient (Wildman–Crippen LogP) is 8.48. The van der Waals surface area contributed by atoms with E-state index in [-0.39, 0.29) is 32.5 Å².